The van der Waals surface area contributed by atoms with Crippen LogP contribution in [0, 0.1) is 6.92 Å². The molecule has 0 unspecified atom stereocenters. The number of nitrogens with one attached hydrogen (secondary N) is 1. The zero-order valence-electron chi connectivity index (χ0n) is 14.7. The van der Waals surface area contributed by atoms with Crippen molar-refractivity contribution in [2.24, 2.45) is 0 Å². The van der Waals surface area contributed by atoms with Crippen LogP contribution < -0.4 is 5.32 Å². The lowest BCUT2D eigenvalue weighted by Gasteiger charge is -2.02. The van der Waals surface area contributed by atoms with E-state index < -0.39 is 0 Å². The van der Waals surface area contributed by atoms with Gasteiger partial charge in [0.1, 0.15) is 4.88 Å². The number of nitrogens with zero attached hydrogens (tertiary/aromatic N) is 2. The van der Waals surface area contributed by atoms with Crippen molar-refractivity contribution in [3.05, 3.63) is 44.9 Å². The van der Waals surface area contributed by atoms with Crippen LogP contribution in [0.4, 0.5) is 0 Å². The van der Waals surface area contributed by atoms with Crippen molar-refractivity contribution in [3.8, 4) is 0 Å². The molecule has 0 saturated heterocycles. The van der Waals surface area contributed by atoms with Crippen molar-refractivity contribution in [1.29, 1.82) is 0 Å². The molecule has 0 radical (unpaired) electrons. The molecular formula is C19H23N3OS2. The fourth-order valence-electron chi connectivity index (χ4n) is 2.65. The van der Waals surface area contributed by atoms with E-state index in [1.165, 1.54) is 16.0 Å². The molecule has 0 saturated carbocycles. The van der Waals surface area contributed by atoms with Gasteiger partial charge in [-0.1, -0.05) is 25.5 Å². The second kappa shape index (κ2) is 8.54. The van der Waals surface area contributed by atoms with Crippen LogP contribution in [0.2, 0.25) is 0 Å². The Bertz CT molecular complexity index is 820. The molecule has 3 rings (SSSR count). The van der Waals surface area contributed by atoms with E-state index in [-0.39, 0.29) is 5.91 Å². The van der Waals surface area contributed by atoms with Crippen LogP contribution in [0.25, 0.3) is 10.2 Å². The molecule has 3 aromatic rings. The third kappa shape index (κ3) is 4.64. The first-order valence-electron chi connectivity index (χ1n) is 8.76. The van der Waals surface area contributed by atoms with Gasteiger partial charge in [0.2, 0.25) is 0 Å². The van der Waals surface area contributed by atoms with Crippen molar-refractivity contribution < 1.29 is 4.79 Å². The number of hydrogen-bond acceptors (Lipinski definition) is 5. The average Bonchev–Trinajstić information content (AvgIpc) is 3.19. The number of carbonyl (C=O) groups is 1. The summed E-state index contributed by atoms with van der Waals surface area (Å²) in [5, 5.41) is 5.22. The molecule has 4 nitrogen and oxygen atoms in total. The lowest BCUT2D eigenvalue weighted by atomic mass is 10.2. The van der Waals surface area contributed by atoms with Gasteiger partial charge in [-0.15, -0.1) is 22.7 Å². The summed E-state index contributed by atoms with van der Waals surface area (Å²) < 4.78 is 1.22. The van der Waals surface area contributed by atoms with E-state index >= 15 is 0 Å². The molecule has 0 atom stereocenters. The van der Waals surface area contributed by atoms with Crippen molar-refractivity contribution >= 4 is 38.8 Å². The van der Waals surface area contributed by atoms with Crippen LogP contribution in [-0.4, -0.2) is 22.4 Å². The van der Waals surface area contributed by atoms with Gasteiger partial charge in [-0.05, 0) is 38.3 Å². The second-order valence-corrected chi connectivity index (χ2v) is 8.26. The first kappa shape index (κ1) is 18.0. The van der Waals surface area contributed by atoms with Crippen molar-refractivity contribution in [3.63, 3.8) is 0 Å². The fraction of sp³-hybridized carbons (Fsp3) is 0.421. The predicted molar refractivity (Wildman–Crippen MR) is 106 cm³/mol. The number of thiazole rings is 2. The lowest BCUT2D eigenvalue weighted by molar-refractivity contribution is 0.0956. The number of aromatic nitrogens is 2. The maximum Gasteiger partial charge on any atom is 0.263 e. The molecule has 1 aromatic carbocycles. The quantitative estimate of drug-likeness (QED) is 0.579. The minimum atomic E-state index is 0.00190. The lowest BCUT2D eigenvalue weighted by Crippen LogP contribution is -2.24. The Kier molecular flexibility index (Phi) is 6.15. The molecule has 0 aliphatic heterocycles. The molecule has 25 heavy (non-hydrogen) atoms. The third-order valence-electron chi connectivity index (χ3n) is 3.98. The molecule has 0 spiro atoms. The van der Waals surface area contributed by atoms with Gasteiger partial charge in [0, 0.05) is 13.0 Å². The van der Waals surface area contributed by atoms with Gasteiger partial charge in [-0.25, -0.2) is 9.97 Å². The Morgan fingerprint density at radius 3 is 2.64 bits per heavy atom. The van der Waals surface area contributed by atoms with Gasteiger partial charge in [-0.3, -0.25) is 4.79 Å². The highest BCUT2D eigenvalue weighted by molar-refractivity contribution is 7.18. The van der Waals surface area contributed by atoms with E-state index in [0.717, 1.165) is 58.2 Å². The maximum atomic E-state index is 12.4. The Hall–Kier alpha value is -1.79. The summed E-state index contributed by atoms with van der Waals surface area (Å²) in [7, 11) is 0. The third-order valence-corrected chi connectivity index (χ3v) is 6.29. The molecule has 0 fully saturated rings. The standard InChI is InChI=1S/C19H23N3OS2/c1-3-4-10-16-21-13(2)18(25-16)19(23)20-12-7-11-17-22-14-8-5-6-9-15(14)24-17/h5-6,8-9H,3-4,7,10-12H2,1-2H3,(H,20,23). The highest BCUT2D eigenvalue weighted by Gasteiger charge is 2.14. The Morgan fingerprint density at radius 1 is 1.08 bits per heavy atom. The largest absolute Gasteiger partial charge is 0.351 e. The molecule has 1 N–H and O–H groups in total. The maximum absolute atomic E-state index is 12.4. The Labute approximate surface area is 156 Å². The number of unbranched alkanes of at least 4 members (excludes halogenated alkanes) is 1. The molecule has 0 aliphatic rings. The van der Waals surface area contributed by atoms with Gasteiger partial charge in [-0.2, -0.15) is 0 Å². The normalized spacial score (nSPS) is 11.1. The number of hydrogen-bond donors (Lipinski definition) is 1. The van der Waals surface area contributed by atoms with Gasteiger partial charge < -0.3 is 5.32 Å². The summed E-state index contributed by atoms with van der Waals surface area (Å²) in [6.07, 6.45) is 5.02. The summed E-state index contributed by atoms with van der Waals surface area (Å²) in [6, 6.07) is 8.19. The molecule has 2 aromatic heterocycles. The van der Waals surface area contributed by atoms with E-state index in [9.17, 15) is 4.79 Å². The van der Waals surface area contributed by atoms with Gasteiger partial charge in [0.15, 0.2) is 0 Å². The van der Waals surface area contributed by atoms with Crippen LogP contribution in [0.15, 0.2) is 24.3 Å². The SMILES string of the molecule is CCCCc1nc(C)c(C(=O)NCCCc2nc3ccccc3s2)s1. The Balaban J connectivity index is 1.48. The Morgan fingerprint density at radius 2 is 1.84 bits per heavy atom. The monoisotopic (exact) mass is 373 g/mol. The van der Waals surface area contributed by atoms with E-state index in [1.54, 1.807) is 11.3 Å². The summed E-state index contributed by atoms with van der Waals surface area (Å²) >= 11 is 3.27. The number of rotatable bonds is 8. The molecule has 1 amide bonds. The van der Waals surface area contributed by atoms with E-state index in [2.05, 4.69) is 28.3 Å². The first-order chi connectivity index (χ1) is 12.2. The minimum absolute atomic E-state index is 0.00190. The van der Waals surface area contributed by atoms with Crippen molar-refractivity contribution in [2.45, 2.75) is 46.0 Å². The van der Waals surface area contributed by atoms with Gasteiger partial charge in [0.05, 0.1) is 25.9 Å². The summed E-state index contributed by atoms with van der Waals surface area (Å²) in [6.45, 7) is 4.75. The summed E-state index contributed by atoms with van der Waals surface area (Å²) in [5.74, 6) is 0.00190. The van der Waals surface area contributed by atoms with Crippen LogP contribution in [-0.2, 0) is 12.8 Å². The highest BCUT2D eigenvalue weighted by atomic mass is 32.1. The number of amides is 1. The minimum Gasteiger partial charge on any atom is -0.351 e. The molecular weight excluding hydrogens is 350 g/mol. The van der Waals surface area contributed by atoms with Crippen LogP contribution in [0.1, 0.15) is 51.6 Å². The first-order valence-corrected chi connectivity index (χ1v) is 10.4. The molecule has 132 valence electrons. The topological polar surface area (TPSA) is 54.9 Å². The van der Waals surface area contributed by atoms with E-state index in [1.807, 2.05) is 25.1 Å². The molecule has 2 heterocycles. The zero-order valence-corrected chi connectivity index (χ0v) is 16.3. The molecule has 0 aliphatic carbocycles. The number of carbonyl (C=O) groups excluding carboxylic acids is 1. The van der Waals surface area contributed by atoms with Crippen molar-refractivity contribution in [2.75, 3.05) is 6.54 Å². The number of para-hydroxylation sites is 1. The smallest absolute Gasteiger partial charge is 0.263 e. The molecule has 6 heteroatoms. The summed E-state index contributed by atoms with van der Waals surface area (Å²) in [5.41, 5.74) is 1.91. The number of fused-ring (bicyclic) bond motifs is 1. The number of benzene rings is 1. The second-order valence-electron chi connectivity index (χ2n) is 6.06. The average molecular weight is 374 g/mol. The van der Waals surface area contributed by atoms with E-state index in [4.69, 9.17) is 0 Å². The predicted octanol–water partition coefficient (Wildman–Crippen LogP) is 4.77. The number of aryl methyl sites for hydroxylation is 3. The zero-order chi connectivity index (χ0) is 17.6. The van der Waals surface area contributed by atoms with Crippen molar-refractivity contribution in [1.82, 2.24) is 15.3 Å². The molecule has 0 bridgehead atoms. The van der Waals surface area contributed by atoms with Crippen LogP contribution >= 0.6 is 22.7 Å². The van der Waals surface area contributed by atoms with E-state index in [0.29, 0.717) is 6.54 Å². The van der Waals surface area contributed by atoms with Crippen LogP contribution in [0.5, 0.6) is 0 Å². The fourth-order valence-corrected chi connectivity index (χ4v) is 4.68. The van der Waals surface area contributed by atoms with Crippen LogP contribution in [0.3, 0.4) is 0 Å². The highest BCUT2D eigenvalue weighted by Crippen LogP contribution is 2.22. The van der Waals surface area contributed by atoms with Gasteiger partial charge >= 0.3 is 0 Å². The summed E-state index contributed by atoms with van der Waals surface area (Å²) in [4.78, 5) is 22.3. The van der Waals surface area contributed by atoms with Gasteiger partial charge in [0.25, 0.3) is 5.91 Å².